The van der Waals surface area contributed by atoms with Gasteiger partial charge in [0, 0.05) is 48.5 Å². The second kappa shape index (κ2) is 15.0. The van der Waals surface area contributed by atoms with Gasteiger partial charge < -0.3 is 39.0 Å². The predicted molar refractivity (Wildman–Crippen MR) is 222 cm³/mol. The van der Waals surface area contributed by atoms with E-state index >= 15 is 0 Å². The summed E-state index contributed by atoms with van der Waals surface area (Å²) in [4.78, 5) is 59.2. The fourth-order valence-corrected chi connectivity index (χ4v) is 8.75. The number of rotatable bonds is 8. The largest absolute Gasteiger partial charge is 0.508 e. The Bertz CT molecular complexity index is 2890. The highest BCUT2D eigenvalue weighted by molar-refractivity contribution is 5.90. The molecule has 6 aromatic rings. The first-order valence-electron chi connectivity index (χ1n) is 20.4. The molecule has 0 radical (unpaired) electrons. The third-order valence-electron chi connectivity index (χ3n) is 12.1. The van der Waals surface area contributed by atoms with Crippen molar-refractivity contribution >= 4 is 23.0 Å². The van der Waals surface area contributed by atoms with Gasteiger partial charge in [-0.05, 0) is 84.5 Å². The number of aromatic nitrogens is 5. The lowest BCUT2D eigenvalue weighted by Crippen LogP contribution is -2.44. The number of amides is 1. The Morgan fingerprint density at radius 2 is 1.70 bits per heavy atom. The number of phenols is 2. The van der Waals surface area contributed by atoms with Crippen LogP contribution < -0.4 is 20.7 Å². The van der Waals surface area contributed by atoms with Gasteiger partial charge in [0.15, 0.2) is 11.4 Å². The molecule has 3 aromatic carbocycles. The van der Waals surface area contributed by atoms with Crippen molar-refractivity contribution in [3.8, 4) is 51.5 Å². The van der Waals surface area contributed by atoms with Gasteiger partial charge >= 0.3 is 17.8 Å². The number of aliphatic hydroxyl groups is 1. The summed E-state index contributed by atoms with van der Waals surface area (Å²) in [5, 5.41) is 39.6. The maximum absolute atomic E-state index is 13.7. The average molecular weight is 829 g/mol. The predicted octanol–water partition coefficient (Wildman–Crippen LogP) is 5.76. The lowest BCUT2D eigenvalue weighted by atomic mass is 9.86. The van der Waals surface area contributed by atoms with Crippen LogP contribution in [0.2, 0.25) is 0 Å². The van der Waals surface area contributed by atoms with E-state index in [0.29, 0.717) is 77.6 Å². The second-order valence-corrected chi connectivity index (χ2v) is 16.0. The quantitative estimate of drug-likeness (QED) is 0.135. The molecule has 0 bridgehead atoms. The van der Waals surface area contributed by atoms with Crippen LogP contribution in [0.3, 0.4) is 0 Å². The van der Waals surface area contributed by atoms with Crippen LogP contribution >= 0.6 is 0 Å². The number of carbonyl (C=O) groups excluding carboxylic acids is 2. The Labute approximate surface area is 348 Å². The molecule has 0 spiro atoms. The van der Waals surface area contributed by atoms with E-state index in [2.05, 4.69) is 10.2 Å². The van der Waals surface area contributed by atoms with E-state index in [-0.39, 0.29) is 65.6 Å². The summed E-state index contributed by atoms with van der Waals surface area (Å²) in [7, 11) is 0. The zero-order valence-corrected chi connectivity index (χ0v) is 34.0. The molecular formula is C45H44N6O10. The molecular weight excluding hydrogens is 785 g/mol. The zero-order valence-electron chi connectivity index (χ0n) is 34.0. The number of ether oxygens (including phenoxy) is 3. The standard InChI is InChI=1S/C45H44N6O10/c1-5-28-30-17-27(11-12-35(30)46-39-32(28)21-50-36(39)19-34-33(41(50)54)22-59-42(55)45(34,58)6-2)61-44(57)49-15-13-26(14-16-49)60-25-9-7-24(8-10-25)51-40(47-48-43(51)56)31-18-29(23(3)4)37(52)20-38(31)53/h7-12,17-20,23,26,52-53,58H,5-6,13-16,21-22H2,1-4H3,(H,48,56)/t45-/m0/s1. The fraction of sp³-hybridized carbons (Fsp3) is 0.333. The lowest BCUT2D eigenvalue weighted by molar-refractivity contribution is -0.172. The summed E-state index contributed by atoms with van der Waals surface area (Å²) in [5.41, 5.74) is 2.79. The van der Waals surface area contributed by atoms with Crippen molar-refractivity contribution in [1.82, 2.24) is 29.2 Å². The Balaban J connectivity index is 0.867. The Morgan fingerprint density at radius 1 is 0.967 bits per heavy atom. The third kappa shape index (κ3) is 6.57. The summed E-state index contributed by atoms with van der Waals surface area (Å²) in [5.74, 6) is 0.0772. The molecule has 4 N–H and O–H groups in total. The SMILES string of the molecule is CCc1c2c(nc3ccc(OC(=O)N4CCC(Oc5ccc(-n6c(-c7cc(C(C)C)c(O)cc7O)n[nH]c6=O)cc5)CC4)cc13)-c1cc3c(c(=O)n1C2)COC(=O)[C@]3(O)CC. The molecule has 1 saturated heterocycles. The number of hydrogen-bond donors (Lipinski definition) is 4. The number of piperidine rings is 1. The van der Waals surface area contributed by atoms with Crippen LogP contribution in [-0.2, 0) is 34.7 Å². The van der Waals surface area contributed by atoms with Gasteiger partial charge in [-0.1, -0.05) is 27.7 Å². The number of cyclic esters (lactones) is 1. The van der Waals surface area contributed by atoms with Gasteiger partial charge in [-0.15, -0.1) is 0 Å². The molecule has 16 heteroatoms. The fourth-order valence-electron chi connectivity index (χ4n) is 8.75. The average Bonchev–Trinajstić information content (AvgIpc) is 3.82. The highest BCUT2D eigenvalue weighted by Crippen LogP contribution is 2.41. The molecule has 6 heterocycles. The summed E-state index contributed by atoms with van der Waals surface area (Å²) in [6.07, 6.45) is 1.14. The molecule has 3 aromatic heterocycles. The number of phenolic OH excluding ortho intramolecular Hbond substituents is 2. The van der Waals surface area contributed by atoms with Gasteiger partial charge in [-0.25, -0.2) is 29.0 Å². The molecule has 0 unspecified atom stereocenters. The molecule has 0 aliphatic carbocycles. The van der Waals surface area contributed by atoms with Crippen LogP contribution in [-0.4, -0.2) is 75.8 Å². The number of benzene rings is 3. The molecule has 16 nitrogen and oxygen atoms in total. The first kappa shape index (κ1) is 39.5. The molecule has 3 aliphatic heterocycles. The number of carbonyl (C=O) groups is 2. The maximum atomic E-state index is 13.7. The van der Waals surface area contributed by atoms with Gasteiger partial charge in [0.05, 0.1) is 40.3 Å². The molecule has 1 fully saturated rings. The minimum atomic E-state index is -1.91. The number of aromatic amines is 1. The number of nitrogens with one attached hydrogen (secondary N) is 1. The topological polar surface area (TPSA) is 211 Å². The van der Waals surface area contributed by atoms with Crippen LogP contribution in [0.5, 0.6) is 23.0 Å². The summed E-state index contributed by atoms with van der Waals surface area (Å²) >= 11 is 0. The third-order valence-corrected chi connectivity index (χ3v) is 12.1. The molecule has 1 amide bonds. The van der Waals surface area contributed by atoms with E-state index < -0.39 is 23.4 Å². The number of nitrogens with zero attached hydrogens (tertiary/aromatic N) is 5. The molecule has 0 saturated carbocycles. The zero-order chi connectivity index (χ0) is 42.9. The first-order chi connectivity index (χ1) is 29.3. The number of aryl methyl sites for hydroxylation is 1. The van der Waals surface area contributed by atoms with Gasteiger partial charge in [0.25, 0.3) is 5.56 Å². The Morgan fingerprint density at radius 3 is 2.41 bits per heavy atom. The number of aromatic hydroxyl groups is 2. The summed E-state index contributed by atoms with van der Waals surface area (Å²) in [6.45, 7) is 8.39. The van der Waals surface area contributed by atoms with Crippen LogP contribution in [0, 0.1) is 0 Å². The minimum Gasteiger partial charge on any atom is -0.508 e. The van der Waals surface area contributed by atoms with Crippen molar-refractivity contribution in [2.45, 2.75) is 84.2 Å². The number of fused-ring (bicyclic) bond motifs is 5. The normalized spacial score (nSPS) is 17.3. The van der Waals surface area contributed by atoms with E-state index in [1.165, 1.54) is 10.6 Å². The van der Waals surface area contributed by atoms with Crippen molar-refractivity contribution in [2.24, 2.45) is 0 Å². The van der Waals surface area contributed by atoms with E-state index in [0.717, 1.165) is 16.5 Å². The van der Waals surface area contributed by atoms with Crippen LogP contribution in [0.15, 0.2) is 70.3 Å². The number of hydrogen-bond acceptors (Lipinski definition) is 12. The van der Waals surface area contributed by atoms with E-state index in [1.54, 1.807) is 71.0 Å². The van der Waals surface area contributed by atoms with E-state index in [9.17, 15) is 34.5 Å². The van der Waals surface area contributed by atoms with Crippen molar-refractivity contribution in [3.63, 3.8) is 0 Å². The molecule has 1 atom stereocenters. The van der Waals surface area contributed by atoms with E-state index in [4.69, 9.17) is 19.2 Å². The molecule has 3 aliphatic rings. The van der Waals surface area contributed by atoms with Gasteiger partial charge in [-0.3, -0.25) is 4.79 Å². The van der Waals surface area contributed by atoms with Crippen molar-refractivity contribution in [1.29, 1.82) is 0 Å². The molecule has 314 valence electrons. The number of likely N-dealkylation sites (tertiary alicyclic amines) is 1. The minimum absolute atomic E-state index is 0.0344. The number of H-pyrrole nitrogens is 1. The van der Waals surface area contributed by atoms with E-state index in [1.807, 2.05) is 20.8 Å². The molecule has 61 heavy (non-hydrogen) atoms. The highest BCUT2D eigenvalue weighted by Gasteiger charge is 2.45. The van der Waals surface area contributed by atoms with Crippen LogP contribution in [0.4, 0.5) is 4.79 Å². The smallest absolute Gasteiger partial charge is 0.415 e. The lowest BCUT2D eigenvalue weighted by Gasteiger charge is -2.31. The van der Waals surface area contributed by atoms with Gasteiger partial charge in [-0.2, -0.15) is 5.10 Å². The van der Waals surface area contributed by atoms with Crippen molar-refractivity contribution in [2.75, 3.05) is 13.1 Å². The van der Waals surface area contributed by atoms with Crippen molar-refractivity contribution in [3.05, 3.63) is 109 Å². The second-order valence-electron chi connectivity index (χ2n) is 16.0. The number of pyridine rings is 2. The summed E-state index contributed by atoms with van der Waals surface area (Å²) in [6, 6.07) is 16.8. The highest BCUT2D eigenvalue weighted by atomic mass is 16.6. The van der Waals surface area contributed by atoms with Gasteiger partial charge in [0.1, 0.15) is 35.7 Å². The maximum Gasteiger partial charge on any atom is 0.415 e. The van der Waals surface area contributed by atoms with Crippen LogP contribution in [0.1, 0.15) is 80.7 Å². The number of esters is 1. The first-order valence-corrected chi connectivity index (χ1v) is 20.4. The van der Waals surface area contributed by atoms with Gasteiger partial charge in [0.2, 0.25) is 0 Å². The molecule has 9 rings (SSSR count). The Hall–Kier alpha value is -6.94. The monoisotopic (exact) mass is 828 g/mol. The van der Waals surface area contributed by atoms with Crippen molar-refractivity contribution < 1.29 is 39.1 Å². The summed E-state index contributed by atoms with van der Waals surface area (Å²) < 4.78 is 20.3. The van der Waals surface area contributed by atoms with Crippen LogP contribution in [0.25, 0.3) is 39.4 Å². The Kier molecular flexibility index (Phi) is 9.69.